The normalized spacial score (nSPS) is 15.2. The molecular weight excluding hydrogens is 426 g/mol. The Bertz CT molecular complexity index is 1210. The molecule has 1 fully saturated rings. The standard InChI is InChI=1S/C26H28ClNO4/c1-16-12-18(4-6-23(16)27)13-21(29)15-20-14-19-5-7-24(17(2)25(19)32-26(20)30)31-22-8-10-28(3)11-9-22/h4-7,12,14,22H,8-11,13,15H2,1-3H3. The molecule has 6 heteroatoms. The van der Waals surface area contributed by atoms with E-state index in [1.54, 1.807) is 12.1 Å². The van der Waals surface area contributed by atoms with Crippen molar-refractivity contribution in [3.05, 3.63) is 74.1 Å². The second-order valence-corrected chi connectivity index (χ2v) is 9.17. The fraction of sp³-hybridized carbons (Fsp3) is 0.385. The first kappa shape index (κ1) is 22.6. The summed E-state index contributed by atoms with van der Waals surface area (Å²) in [7, 11) is 2.12. The monoisotopic (exact) mass is 453 g/mol. The molecule has 32 heavy (non-hydrogen) atoms. The number of aryl methyl sites for hydroxylation is 2. The Morgan fingerprint density at radius 2 is 1.88 bits per heavy atom. The van der Waals surface area contributed by atoms with E-state index in [-0.39, 0.29) is 24.7 Å². The van der Waals surface area contributed by atoms with Crippen molar-refractivity contribution in [3.63, 3.8) is 0 Å². The van der Waals surface area contributed by atoms with Gasteiger partial charge in [0.15, 0.2) is 0 Å². The maximum absolute atomic E-state index is 12.6. The predicted octanol–water partition coefficient (Wildman–Crippen LogP) is 4.89. The second kappa shape index (κ2) is 9.47. The van der Waals surface area contributed by atoms with Crippen LogP contribution in [0.25, 0.3) is 11.0 Å². The van der Waals surface area contributed by atoms with Crippen molar-refractivity contribution in [3.8, 4) is 5.75 Å². The van der Waals surface area contributed by atoms with E-state index < -0.39 is 5.63 Å². The minimum absolute atomic E-state index is 0.0346. The molecule has 2 heterocycles. The van der Waals surface area contributed by atoms with E-state index in [2.05, 4.69) is 11.9 Å². The molecule has 1 aliphatic heterocycles. The Labute approximate surface area is 192 Å². The van der Waals surface area contributed by atoms with Crippen molar-refractivity contribution in [2.75, 3.05) is 20.1 Å². The lowest BCUT2D eigenvalue weighted by Gasteiger charge is -2.29. The van der Waals surface area contributed by atoms with E-state index in [1.165, 1.54) is 0 Å². The molecule has 0 saturated carbocycles. The number of rotatable bonds is 6. The van der Waals surface area contributed by atoms with Crippen LogP contribution in [0, 0.1) is 13.8 Å². The van der Waals surface area contributed by atoms with Crippen molar-refractivity contribution in [1.29, 1.82) is 0 Å². The number of Topliss-reactive ketones (excluding diaryl/α,β-unsaturated/α-hetero) is 1. The van der Waals surface area contributed by atoms with Gasteiger partial charge in [-0.2, -0.15) is 0 Å². The molecule has 1 aromatic heterocycles. The molecule has 0 atom stereocenters. The average Bonchev–Trinajstić information content (AvgIpc) is 2.75. The van der Waals surface area contributed by atoms with Crippen molar-refractivity contribution in [1.82, 2.24) is 4.90 Å². The van der Waals surface area contributed by atoms with Crippen molar-refractivity contribution >= 4 is 28.4 Å². The highest BCUT2D eigenvalue weighted by Gasteiger charge is 2.20. The highest BCUT2D eigenvalue weighted by atomic mass is 35.5. The van der Waals surface area contributed by atoms with E-state index in [0.717, 1.165) is 53.8 Å². The van der Waals surface area contributed by atoms with E-state index in [0.29, 0.717) is 16.2 Å². The van der Waals surface area contributed by atoms with Crippen LogP contribution in [0.3, 0.4) is 0 Å². The third-order valence-electron chi connectivity index (χ3n) is 6.14. The van der Waals surface area contributed by atoms with Crippen LogP contribution in [-0.4, -0.2) is 36.9 Å². The first-order valence-corrected chi connectivity index (χ1v) is 11.4. The van der Waals surface area contributed by atoms with Crippen molar-refractivity contribution in [2.24, 2.45) is 0 Å². The number of fused-ring (bicyclic) bond motifs is 1. The molecule has 0 N–H and O–H groups in total. The van der Waals surface area contributed by atoms with Crippen molar-refractivity contribution < 1.29 is 13.9 Å². The maximum atomic E-state index is 12.6. The second-order valence-electron chi connectivity index (χ2n) is 8.76. The van der Waals surface area contributed by atoms with Crippen LogP contribution in [-0.2, 0) is 17.6 Å². The largest absolute Gasteiger partial charge is 0.490 e. The molecule has 0 unspecified atom stereocenters. The zero-order chi connectivity index (χ0) is 22.8. The number of halogens is 1. The lowest BCUT2D eigenvalue weighted by Crippen LogP contribution is -2.35. The van der Waals surface area contributed by atoms with E-state index in [1.807, 2.05) is 38.1 Å². The van der Waals surface area contributed by atoms with Crippen molar-refractivity contribution in [2.45, 2.75) is 45.6 Å². The zero-order valence-electron chi connectivity index (χ0n) is 18.7. The summed E-state index contributed by atoms with van der Waals surface area (Å²) in [5.41, 5.74) is 3.04. The lowest BCUT2D eigenvalue weighted by atomic mass is 10.0. The van der Waals surface area contributed by atoms with Gasteiger partial charge in [0.2, 0.25) is 0 Å². The minimum atomic E-state index is -0.474. The highest BCUT2D eigenvalue weighted by molar-refractivity contribution is 6.31. The number of carbonyl (C=O) groups excluding carboxylic acids is 1. The van der Waals surface area contributed by atoms with Crippen LogP contribution in [0.1, 0.15) is 35.1 Å². The third kappa shape index (κ3) is 5.05. The first-order chi connectivity index (χ1) is 15.3. The molecule has 4 rings (SSSR count). The van der Waals surface area contributed by atoms with E-state index >= 15 is 0 Å². The van der Waals surface area contributed by atoms with Gasteiger partial charge >= 0.3 is 5.63 Å². The summed E-state index contributed by atoms with van der Waals surface area (Å²) in [6.45, 7) is 5.84. The van der Waals surface area contributed by atoms with Gasteiger partial charge in [0.25, 0.3) is 0 Å². The van der Waals surface area contributed by atoms with Gasteiger partial charge in [-0.05, 0) is 69.1 Å². The average molecular weight is 454 g/mol. The molecule has 0 bridgehead atoms. The Balaban J connectivity index is 1.51. The van der Waals surface area contributed by atoms with Crippen LogP contribution < -0.4 is 10.4 Å². The number of ketones is 1. The molecule has 1 aliphatic rings. The number of carbonyl (C=O) groups is 1. The maximum Gasteiger partial charge on any atom is 0.339 e. The summed E-state index contributed by atoms with van der Waals surface area (Å²) in [4.78, 5) is 27.5. The summed E-state index contributed by atoms with van der Waals surface area (Å²) in [5, 5.41) is 1.47. The topological polar surface area (TPSA) is 59.8 Å². The number of benzene rings is 2. The van der Waals surface area contributed by atoms with E-state index in [4.69, 9.17) is 20.8 Å². The highest BCUT2D eigenvalue weighted by Crippen LogP contribution is 2.29. The third-order valence-corrected chi connectivity index (χ3v) is 6.57. The number of piperidine rings is 1. The summed E-state index contributed by atoms with van der Waals surface area (Å²) < 4.78 is 11.9. The zero-order valence-corrected chi connectivity index (χ0v) is 19.5. The molecule has 1 saturated heterocycles. The fourth-order valence-corrected chi connectivity index (χ4v) is 4.32. The molecular formula is C26H28ClNO4. The van der Waals surface area contributed by atoms with Gasteiger partial charge in [-0.3, -0.25) is 4.79 Å². The molecule has 3 aromatic rings. The van der Waals surface area contributed by atoms with E-state index in [9.17, 15) is 9.59 Å². The van der Waals surface area contributed by atoms with Gasteiger partial charge < -0.3 is 14.1 Å². The van der Waals surface area contributed by atoms with Crippen LogP contribution in [0.2, 0.25) is 5.02 Å². The molecule has 0 aliphatic carbocycles. The van der Waals surface area contributed by atoms with Crippen LogP contribution in [0.5, 0.6) is 5.75 Å². The van der Waals surface area contributed by atoms with Crippen LogP contribution in [0.4, 0.5) is 0 Å². The van der Waals surface area contributed by atoms with Gasteiger partial charge in [0.05, 0.1) is 0 Å². The number of hydrogen-bond donors (Lipinski definition) is 0. The smallest absolute Gasteiger partial charge is 0.339 e. The summed E-state index contributed by atoms with van der Waals surface area (Å²) >= 11 is 6.06. The SMILES string of the molecule is Cc1cc(CC(=O)Cc2cc3ccc(OC4CCN(C)CC4)c(C)c3oc2=O)ccc1Cl. The molecule has 2 aromatic carbocycles. The molecule has 0 amide bonds. The number of ether oxygens (including phenoxy) is 1. The molecule has 168 valence electrons. The number of hydrogen-bond acceptors (Lipinski definition) is 5. The Morgan fingerprint density at radius 1 is 1.12 bits per heavy atom. The molecule has 0 spiro atoms. The summed E-state index contributed by atoms with van der Waals surface area (Å²) in [6.07, 6.45) is 2.41. The Morgan fingerprint density at radius 3 is 2.59 bits per heavy atom. The van der Waals surface area contributed by atoms with Gasteiger partial charge in [-0.1, -0.05) is 23.7 Å². The Kier molecular flexibility index (Phi) is 6.68. The molecule has 0 radical (unpaired) electrons. The predicted molar refractivity (Wildman–Crippen MR) is 127 cm³/mol. The minimum Gasteiger partial charge on any atom is -0.490 e. The van der Waals surface area contributed by atoms with Gasteiger partial charge in [-0.25, -0.2) is 4.79 Å². The van der Waals surface area contributed by atoms with Gasteiger partial charge in [0, 0.05) is 47.5 Å². The fourth-order valence-electron chi connectivity index (χ4n) is 4.20. The van der Waals surface area contributed by atoms with Crippen LogP contribution in [0.15, 0.2) is 45.6 Å². The van der Waals surface area contributed by atoms with Gasteiger partial charge in [-0.15, -0.1) is 0 Å². The summed E-state index contributed by atoms with van der Waals surface area (Å²) in [5.74, 6) is 0.703. The molecule has 5 nitrogen and oxygen atoms in total. The first-order valence-electron chi connectivity index (χ1n) is 11.0. The number of nitrogens with zero attached hydrogens (tertiary/aromatic N) is 1. The lowest BCUT2D eigenvalue weighted by molar-refractivity contribution is -0.117. The Hall–Kier alpha value is -2.63. The summed E-state index contributed by atoms with van der Waals surface area (Å²) in [6, 6.07) is 11.1. The quantitative estimate of drug-likeness (QED) is 0.497. The van der Waals surface area contributed by atoms with Crippen LogP contribution >= 0.6 is 11.6 Å². The van der Waals surface area contributed by atoms with Gasteiger partial charge in [0.1, 0.15) is 23.2 Å². The number of likely N-dealkylation sites (tertiary alicyclic amines) is 1.